The van der Waals surface area contributed by atoms with Crippen LogP contribution in [-0.2, 0) is 26.5 Å². The predicted molar refractivity (Wildman–Crippen MR) is 99.4 cm³/mol. The summed E-state index contributed by atoms with van der Waals surface area (Å²) >= 11 is 0.123. The minimum atomic E-state index is -1.05. The molecule has 2 amide bonds. The first-order chi connectivity index (χ1) is 12.8. The van der Waals surface area contributed by atoms with E-state index in [0.717, 1.165) is 0 Å². The van der Waals surface area contributed by atoms with Gasteiger partial charge in [-0.3, -0.25) is 9.69 Å². The summed E-state index contributed by atoms with van der Waals surface area (Å²) in [6.07, 6.45) is 0.469. The smallest absolute Gasteiger partial charge is 0.414 e. The molecule has 1 N–H and O–H groups in total. The Morgan fingerprint density at radius 3 is 2.96 bits per heavy atom. The van der Waals surface area contributed by atoms with Gasteiger partial charge in [0, 0.05) is 12.5 Å². The molecule has 1 saturated heterocycles. The summed E-state index contributed by atoms with van der Waals surface area (Å²) in [6.45, 7) is 1.79. The molecule has 3 rings (SSSR count). The average molecular weight is 412 g/mol. The first-order valence-corrected chi connectivity index (χ1v) is 10.5. The van der Waals surface area contributed by atoms with Gasteiger partial charge in [0.2, 0.25) is 5.91 Å². The SMILES string of the molecule is CC(=O)NC[C@H]1CN(c2ccc(-c3nnc(C[S@+](C)[O-])s3)c(F)c2)C(=O)O1. The minimum Gasteiger partial charge on any atom is -0.616 e. The normalized spacial score (nSPS) is 17.7. The lowest BCUT2D eigenvalue weighted by molar-refractivity contribution is -0.119. The first kappa shape index (κ1) is 19.5. The molecule has 1 fully saturated rings. The van der Waals surface area contributed by atoms with Crippen LogP contribution in [0.25, 0.3) is 10.6 Å². The Bertz CT molecular complexity index is 861. The fraction of sp³-hybridized carbons (Fsp3) is 0.375. The lowest BCUT2D eigenvalue weighted by atomic mass is 10.2. The first-order valence-electron chi connectivity index (χ1n) is 7.98. The Labute approximate surface area is 161 Å². The molecular weight excluding hydrogens is 395 g/mol. The van der Waals surface area contributed by atoms with E-state index in [1.807, 2.05) is 0 Å². The van der Waals surface area contributed by atoms with E-state index in [1.165, 1.54) is 35.3 Å². The Hall–Kier alpha value is -2.24. The fourth-order valence-electron chi connectivity index (χ4n) is 2.54. The van der Waals surface area contributed by atoms with Crippen molar-refractivity contribution in [1.82, 2.24) is 15.5 Å². The third kappa shape index (κ3) is 4.73. The summed E-state index contributed by atoms with van der Waals surface area (Å²) in [6, 6.07) is 4.35. The highest BCUT2D eigenvalue weighted by atomic mass is 32.2. The number of anilines is 1. The second-order valence-electron chi connectivity index (χ2n) is 5.94. The molecule has 1 aliphatic rings. The van der Waals surface area contributed by atoms with E-state index in [2.05, 4.69) is 15.5 Å². The van der Waals surface area contributed by atoms with Crippen molar-refractivity contribution in [2.75, 3.05) is 24.2 Å². The summed E-state index contributed by atoms with van der Waals surface area (Å²) in [5, 5.41) is 11.4. The highest BCUT2D eigenvalue weighted by Gasteiger charge is 2.32. The zero-order valence-electron chi connectivity index (χ0n) is 14.6. The Morgan fingerprint density at radius 2 is 2.30 bits per heavy atom. The largest absolute Gasteiger partial charge is 0.616 e. The predicted octanol–water partition coefficient (Wildman–Crippen LogP) is 1.68. The van der Waals surface area contributed by atoms with Gasteiger partial charge in [-0.25, -0.2) is 9.18 Å². The van der Waals surface area contributed by atoms with E-state index in [1.54, 1.807) is 12.3 Å². The maximum Gasteiger partial charge on any atom is 0.414 e. The van der Waals surface area contributed by atoms with Crippen LogP contribution in [0.2, 0.25) is 0 Å². The molecule has 0 bridgehead atoms. The molecule has 27 heavy (non-hydrogen) atoms. The number of ether oxygens (including phenoxy) is 1. The van der Waals surface area contributed by atoms with Crippen LogP contribution in [0.1, 0.15) is 11.9 Å². The summed E-state index contributed by atoms with van der Waals surface area (Å²) in [5.74, 6) is -0.499. The fourth-order valence-corrected chi connectivity index (χ4v) is 4.34. The molecule has 0 saturated carbocycles. The van der Waals surface area contributed by atoms with Crippen molar-refractivity contribution in [3.8, 4) is 10.6 Å². The van der Waals surface area contributed by atoms with Gasteiger partial charge in [-0.15, -0.1) is 10.2 Å². The van der Waals surface area contributed by atoms with Crippen LogP contribution < -0.4 is 10.2 Å². The quantitative estimate of drug-likeness (QED) is 0.724. The van der Waals surface area contributed by atoms with E-state index in [4.69, 9.17) is 4.74 Å². The lowest BCUT2D eigenvalue weighted by Crippen LogP contribution is -2.33. The van der Waals surface area contributed by atoms with Crippen LogP contribution in [0.4, 0.5) is 14.9 Å². The van der Waals surface area contributed by atoms with Crippen LogP contribution in [0.3, 0.4) is 0 Å². The molecule has 0 aliphatic carbocycles. The van der Waals surface area contributed by atoms with Crippen LogP contribution >= 0.6 is 11.3 Å². The molecule has 8 nitrogen and oxygen atoms in total. The standard InChI is InChI=1S/C16H17FN4O4S2/c1-9(22)18-6-11-7-21(16(23)25-11)10-3-4-12(13(17)5-10)15-20-19-14(26-15)8-27(2)24/h3-5,11H,6-8H2,1-2H3,(H,18,22)/t11-,27-/m0/s1. The molecule has 2 heterocycles. The Kier molecular flexibility index (Phi) is 5.92. The average Bonchev–Trinajstić information content (AvgIpc) is 3.19. The summed E-state index contributed by atoms with van der Waals surface area (Å²) in [5.41, 5.74) is 0.609. The van der Waals surface area contributed by atoms with E-state index in [-0.39, 0.29) is 30.3 Å². The summed E-state index contributed by atoms with van der Waals surface area (Å²) < 4.78 is 31.0. The topological polar surface area (TPSA) is 107 Å². The molecule has 2 atom stereocenters. The zero-order chi connectivity index (χ0) is 19.6. The molecule has 2 aromatic rings. The molecule has 144 valence electrons. The van der Waals surface area contributed by atoms with Gasteiger partial charge in [-0.2, -0.15) is 0 Å². The minimum absolute atomic E-state index is 0.199. The van der Waals surface area contributed by atoms with Crippen molar-refractivity contribution >= 4 is 40.2 Å². The number of hydrogen-bond acceptors (Lipinski definition) is 7. The third-order valence-corrected chi connectivity index (χ3v) is 5.56. The molecular formula is C16H17FN4O4S2. The van der Waals surface area contributed by atoms with E-state index in [9.17, 15) is 18.5 Å². The molecule has 0 radical (unpaired) electrons. The second kappa shape index (κ2) is 8.19. The number of amides is 2. The van der Waals surface area contributed by atoms with Gasteiger partial charge in [0.1, 0.15) is 11.9 Å². The molecule has 1 aromatic carbocycles. The van der Waals surface area contributed by atoms with E-state index in [0.29, 0.717) is 15.7 Å². The molecule has 11 heteroatoms. The van der Waals surface area contributed by atoms with Crippen LogP contribution in [0, 0.1) is 5.82 Å². The zero-order valence-corrected chi connectivity index (χ0v) is 16.2. The van der Waals surface area contributed by atoms with Crippen molar-refractivity contribution in [3.63, 3.8) is 0 Å². The van der Waals surface area contributed by atoms with Crippen molar-refractivity contribution in [1.29, 1.82) is 0 Å². The molecule has 0 unspecified atom stereocenters. The Morgan fingerprint density at radius 1 is 1.52 bits per heavy atom. The molecule has 1 aliphatic heterocycles. The van der Waals surface area contributed by atoms with Crippen molar-refractivity contribution < 1.29 is 23.3 Å². The number of aromatic nitrogens is 2. The van der Waals surface area contributed by atoms with Gasteiger partial charge in [0.15, 0.2) is 15.8 Å². The number of benzene rings is 1. The number of nitrogens with one attached hydrogen (secondary N) is 1. The highest BCUT2D eigenvalue weighted by Crippen LogP contribution is 2.31. The van der Waals surface area contributed by atoms with Crippen LogP contribution in [-0.4, -0.2) is 52.2 Å². The van der Waals surface area contributed by atoms with Crippen molar-refractivity contribution in [2.24, 2.45) is 0 Å². The number of cyclic esters (lactones) is 1. The van der Waals surface area contributed by atoms with Gasteiger partial charge >= 0.3 is 6.09 Å². The monoisotopic (exact) mass is 412 g/mol. The van der Waals surface area contributed by atoms with Gasteiger partial charge < -0.3 is 14.6 Å². The van der Waals surface area contributed by atoms with Crippen LogP contribution in [0.15, 0.2) is 18.2 Å². The lowest BCUT2D eigenvalue weighted by Gasteiger charge is -2.14. The maximum absolute atomic E-state index is 14.6. The number of nitrogens with zero attached hydrogens (tertiary/aromatic N) is 3. The van der Waals surface area contributed by atoms with E-state index >= 15 is 0 Å². The Balaban J connectivity index is 1.74. The third-order valence-electron chi connectivity index (χ3n) is 3.74. The summed E-state index contributed by atoms with van der Waals surface area (Å²) in [4.78, 5) is 24.3. The van der Waals surface area contributed by atoms with Crippen molar-refractivity contribution in [3.05, 3.63) is 29.0 Å². The highest BCUT2D eigenvalue weighted by molar-refractivity contribution is 7.90. The maximum atomic E-state index is 14.6. The van der Waals surface area contributed by atoms with Gasteiger partial charge in [0.05, 0.1) is 25.0 Å². The van der Waals surface area contributed by atoms with Gasteiger partial charge in [0.25, 0.3) is 0 Å². The number of hydrogen-bond donors (Lipinski definition) is 1. The number of carbonyl (C=O) groups excluding carboxylic acids is 2. The van der Waals surface area contributed by atoms with Gasteiger partial charge in [-0.1, -0.05) is 11.3 Å². The second-order valence-corrected chi connectivity index (χ2v) is 8.43. The summed E-state index contributed by atoms with van der Waals surface area (Å²) in [7, 11) is 0. The number of rotatable bonds is 6. The number of halogens is 1. The van der Waals surface area contributed by atoms with E-state index < -0.39 is 29.2 Å². The van der Waals surface area contributed by atoms with Gasteiger partial charge in [-0.05, 0) is 29.4 Å². The molecule has 1 aromatic heterocycles. The van der Waals surface area contributed by atoms with Crippen LogP contribution in [0.5, 0.6) is 0 Å². The van der Waals surface area contributed by atoms with Crippen molar-refractivity contribution in [2.45, 2.75) is 18.8 Å². The number of carbonyl (C=O) groups is 2. The molecule has 0 spiro atoms.